The molecule has 1 aliphatic heterocycles. The van der Waals surface area contributed by atoms with Gasteiger partial charge >= 0.3 is 0 Å². The molecule has 0 radical (unpaired) electrons. The molecule has 21 heavy (non-hydrogen) atoms. The number of thiophene rings is 1. The highest BCUT2D eigenvalue weighted by Crippen LogP contribution is 2.33. The lowest BCUT2D eigenvalue weighted by atomic mass is 10.1. The van der Waals surface area contributed by atoms with Gasteiger partial charge in [-0.15, -0.1) is 23.7 Å². The Kier molecular flexibility index (Phi) is 4.86. The Morgan fingerprint density at radius 1 is 1.48 bits per heavy atom. The fourth-order valence-corrected chi connectivity index (χ4v) is 3.91. The van der Waals surface area contributed by atoms with E-state index in [1.54, 1.807) is 6.07 Å². The first-order valence-electron chi connectivity index (χ1n) is 6.78. The number of hydrogen-bond acceptors (Lipinski definition) is 3. The Balaban J connectivity index is 0.00000161. The van der Waals surface area contributed by atoms with Crippen molar-refractivity contribution >= 4 is 39.7 Å². The molecule has 114 valence electrons. The number of fused-ring (bicyclic) bond motifs is 1. The Morgan fingerprint density at radius 2 is 2.24 bits per heavy atom. The van der Waals surface area contributed by atoms with Crippen LogP contribution in [-0.2, 0) is 0 Å². The predicted octanol–water partition coefficient (Wildman–Crippen LogP) is 3.20. The average Bonchev–Trinajstić information content (AvgIpc) is 2.76. The Bertz CT molecular complexity index is 673. The smallest absolute Gasteiger partial charge is 0.264 e. The van der Waals surface area contributed by atoms with Crippen molar-refractivity contribution in [2.45, 2.75) is 19.9 Å². The number of carbonyl (C=O) groups is 1. The fraction of sp³-hybridized carbons (Fsp3) is 0.400. The molecule has 2 aromatic rings. The molecule has 2 heterocycles. The summed E-state index contributed by atoms with van der Waals surface area (Å²) < 4.78 is 14.7. The molecule has 3 nitrogen and oxygen atoms in total. The summed E-state index contributed by atoms with van der Waals surface area (Å²) in [7, 11) is 0. The minimum absolute atomic E-state index is 0. The van der Waals surface area contributed by atoms with Crippen molar-refractivity contribution in [3.8, 4) is 0 Å². The number of hydrogen-bond donors (Lipinski definition) is 1. The molecular weight excluding hydrogens is 311 g/mol. The van der Waals surface area contributed by atoms with Crippen LogP contribution in [0.1, 0.15) is 22.2 Å². The first-order valence-corrected chi connectivity index (χ1v) is 7.60. The van der Waals surface area contributed by atoms with Gasteiger partial charge in [-0.3, -0.25) is 4.79 Å². The topological polar surface area (TPSA) is 32.3 Å². The van der Waals surface area contributed by atoms with Crippen molar-refractivity contribution < 1.29 is 9.18 Å². The number of nitrogens with zero attached hydrogens (tertiary/aromatic N) is 1. The zero-order valence-electron chi connectivity index (χ0n) is 12.0. The van der Waals surface area contributed by atoms with Gasteiger partial charge in [-0.25, -0.2) is 4.39 Å². The maximum absolute atomic E-state index is 13.9. The molecule has 0 aliphatic carbocycles. The summed E-state index contributed by atoms with van der Waals surface area (Å²) in [5, 5.41) is 3.91. The van der Waals surface area contributed by atoms with E-state index in [2.05, 4.69) is 12.2 Å². The highest BCUT2D eigenvalue weighted by Gasteiger charge is 2.25. The van der Waals surface area contributed by atoms with E-state index in [9.17, 15) is 9.18 Å². The molecule has 1 saturated heterocycles. The van der Waals surface area contributed by atoms with Crippen LogP contribution in [0.3, 0.4) is 0 Å². The van der Waals surface area contributed by atoms with Crippen molar-refractivity contribution in [1.82, 2.24) is 10.2 Å². The summed E-state index contributed by atoms with van der Waals surface area (Å²) >= 11 is 1.39. The quantitative estimate of drug-likeness (QED) is 0.872. The first-order chi connectivity index (χ1) is 9.58. The van der Waals surface area contributed by atoms with E-state index < -0.39 is 0 Å². The molecule has 0 saturated carbocycles. The molecule has 0 bridgehead atoms. The molecular formula is C15H18ClFN2OS. The van der Waals surface area contributed by atoms with Crippen LogP contribution in [0, 0.1) is 12.7 Å². The number of halogens is 2. The fourth-order valence-electron chi connectivity index (χ4n) is 2.72. The van der Waals surface area contributed by atoms with Crippen LogP contribution < -0.4 is 5.32 Å². The van der Waals surface area contributed by atoms with Crippen LogP contribution in [0.5, 0.6) is 0 Å². The zero-order valence-corrected chi connectivity index (χ0v) is 13.6. The number of carbonyl (C=O) groups excluding carboxylic acids is 1. The van der Waals surface area contributed by atoms with Crippen LogP contribution >= 0.6 is 23.7 Å². The lowest BCUT2D eigenvalue weighted by Gasteiger charge is -2.31. The van der Waals surface area contributed by atoms with E-state index in [0.29, 0.717) is 29.4 Å². The minimum atomic E-state index is -0.246. The second kappa shape index (κ2) is 6.30. The standard InChI is InChI=1S/C15H17FN2OS.ClH/c1-9-8-18(7-6-17-9)15(19)14-10(2)13-11(16)4-3-5-12(13)20-14;/h3-5,9,17H,6-8H2,1-2H3;1H. The zero-order chi connectivity index (χ0) is 14.3. The third-order valence-corrected chi connectivity index (χ3v) is 5.00. The number of benzene rings is 1. The largest absolute Gasteiger partial charge is 0.335 e. The molecule has 1 fully saturated rings. The van der Waals surface area contributed by atoms with Gasteiger partial charge < -0.3 is 10.2 Å². The summed E-state index contributed by atoms with van der Waals surface area (Å²) in [6.07, 6.45) is 0. The monoisotopic (exact) mass is 328 g/mol. The number of piperazine rings is 1. The van der Waals surface area contributed by atoms with Crippen LogP contribution in [0.15, 0.2) is 18.2 Å². The molecule has 1 unspecified atom stereocenters. The SMILES string of the molecule is Cc1c(C(=O)N2CCNC(C)C2)sc2cccc(F)c12.Cl. The van der Waals surface area contributed by atoms with Crippen molar-refractivity contribution in [3.05, 3.63) is 34.5 Å². The number of nitrogens with one attached hydrogen (secondary N) is 1. The molecule has 6 heteroatoms. The van der Waals surface area contributed by atoms with Gasteiger partial charge in [0.25, 0.3) is 5.91 Å². The van der Waals surface area contributed by atoms with Crippen molar-refractivity contribution in [2.75, 3.05) is 19.6 Å². The van der Waals surface area contributed by atoms with Gasteiger partial charge in [-0.2, -0.15) is 0 Å². The van der Waals surface area contributed by atoms with Crippen molar-refractivity contribution in [1.29, 1.82) is 0 Å². The highest BCUT2D eigenvalue weighted by molar-refractivity contribution is 7.21. The number of rotatable bonds is 1. The summed E-state index contributed by atoms with van der Waals surface area (Å²) in [6, 6.07) is 5.31. The summed E-state index contributed by atoms with van der Waals surface area (Å²) in [5.74, 6) is -0.222. The second-order valence-electron chi connectivity index (χ2n) is 5.28. The maximum atomic E-state index is 13.9. The molecule has 1 N–H and O–H groups in total. The van der Waals surface area contributed by atoms with Crippen LogP contribution in [0.25, 0.3) is 10.1 Å². The van der Waals surface area contributed by atoms with Gasteiger partial charge in [-0.05, 0) is 31.5 Å². The summed E-state index contributed by atoms with van der Waals surface area (Å²) in [4.78, 5) is 15.2. The van der Waals surface area contributed by atoms with Gasteiger partial charge in [-0.1, -0.05) is 6.07 Å². The molecule has 1 aliphatic rings. The number of amides is 1. The molecule has 1 amide bonds. The van der Waals surface area contributed by atoms with Gasteiger partial charge in [0.05, 0.1) is 4.88 Å². The molecule has 1 atom stereocenters. The maximum Gasteiger partial charge on any atom is 0.264 e. The van der Waals surface area contributed by atoms with Crippen LogP contribution in [0.4, 0.5) is 4.39 Å². The molecule has 0 spiro atoms. The van der Waals surface area contributed by atoms with Gasteiger partial charge in [0.2, 0.25) is 0 Å². The molecule has 1 aromatic heterocycles. The minimum Gasteiger partial charge on any atom is -0.335 e. The van der Waals surface area contributed by atoms with Crippen molar-refractivity contribution in [3.63, 3.8) is 0 Å². The first kappa shape index (κ1) is 16.2. The third kappa shape index (κ3) is 2.91. The van der Waals surface area contributed by atoms with E-state index in [-0.39, 0.29) is 24.1 Å². The third-order valence-electron chi connectivity index (χ3n) is 3.75. The second-order valence-corrected chi connectivity index (χ2v) is 6.33. The Hall–Kier alpha value is -1.17. The summed E-state index contributed by atoms with van der Waals surface area (Å²) in [5.41, 5.74) is 0.763. The predicted molar refractivity (Wildman–Crippen MR) is 87.1 cm³/mol. The molecule has 1 aromatic carbocycles. The molecule has 3 rings (SSSR count). The summed E-state index contributed by atoms with van der Waals surface area (Å²) in [6.45, 7) is 6.12. The van der Waals surface area contributed by atoms with Crippen LogP contribution in [0.2, 0.25) is 0 Å². The lowest BCUT2D eigenvalue weighted by Crippen LogP contribution is -2.51. The van der Waals surface area contributed by atoms with E-state index >= 15 is 0 Å². The van der Waals surface area contributed by atoms with Crippen LogP contribution in [-0.4, -0.2) is 36.5 Å². The van der Waals surface area contributed by atoms with E-state index in [1.165, 1.54) is 17.4 Å². The van der Waals surface area contributed by atoms with Gasteiger partial charge in [0.15, 0.2) is 0 Å². The lowest BCUT2D eigenvalue weighted by molar-refractivity contribution is 0.0713. The van der Waals surface area contributed by atoms with Gasteiger partial charge in [0, 0.05) is 35.8 Å². The normalized spacial score (nSPS) is 18.6. The highest BCUT2D eigenvalue weighted by atomic mass is 35.5. The van der Waals surface area contributed by atoms with Crippen molar-refractivity contribution in [2.24, 2.45) is 0 Å². The Labute approximate surface area is 133 Å². The van der Waals surface area contributed by atoms with E-state index in [0.717, 1.165) is 16.8 Å². The Morgan fingerprint density at radius 3 is 2.90 bits per heavy atom. The van der Waals surface area contributed by atoms with Gasteiger partial charge in [0.1, 0.15) is 5.82 Å². The average molecular weight is 329 g/mol. The van der Waals surface area contributed by atoms with E-state index in [1.807, 2.05) is 17.9 Å². The van der Waals surface area contributed by atoms with E-state index in [4.69, 9.17) is 0 Å². The number of aryl methyl sites for hydroxylation is 1.